The number of ether oxygens (including phenoxy) is 1. The van der Waals surface area contributed by atoms with E-state index in [1.807, 2.05) is 4.57 Å². The second-order valence-corrected chi connectivity index (χ2v) is 11.4. The number of nitrogens with zero attached hydrogens (tertiary/aromatic N) is 2. The lowest BCUT2D eigenvalue weighted by Gasteiger charge is -2.17. The molecule has 1 amide bonds. The highest BCUT2D eigenvalue weighted by molar-refractivity contribution is 7.90. The van der Waals surface area contributed by atoms with Crippen molar-refractivity contribution < 1.29 is 36.2 Å². The first-order valence-electron chi connectivity index (χ1n) is 12.0. The number of nitrogens with one attached hydrogen (secondary N) is 1. The van der Waals surface area contributed by atoms with Gasteiger partial charge in [0.15, 0.2) is 9.84 Å². The summed E-state index contributed by atoms with van der Waals surface area (Å²) in [6.07, 6.45) is -1.57. The molecule has 2 N–H and O–H groups in total. The third-order valence-corrected chi connectivity index (χ3v) is 7.55. The third kappa shape index (κ3) is 5.76. The Bertz CT molecular complexity index is 1630. The molecule has 0 radical (unpaired) electrons. The lowest BCUT2D eigenvalue weighted by molar-refractivity contribution is -0.137. The maximum Gasteiger partial charge on any atom is 0.416 e. The molecule has 1 saturated carbocycles. The van der Waals surface area contributed by atoms with Crippen molar-refractivity contribution >= 4 is 26.8 Å². The SMILES string of the molecule is CS(=O)(=O)c1ccc([C@H](CO)NC(=O)c2ccc3c(c2)nc(Oc2ccc(C(F)(F)F)cc2)n3C2CC2)cc1. The number of rotatable bonds is 8. The smallest absolute Gasteiger partial charge is 0.416 e. The average Bonchev–Trinajstić information content (AvgIpc) is 3.66. The van der Waals surface area contributed by atoms with Crippen molar-refractivity contribution in [2.24, 2.45) is 0 Å². The van der Waals surface area contributed by atoms with Gasteiger partial charge >= 0.3 is 12.2 Å². The van der Waals surface area contributed by atoms with Crippen molar-refractivity contribution in [3.05, 3.63) is 83.4 Å². The number of aliphatic hydroxyl groups is 1. The highest BCUT2D eigenvalue weighted by Gasteiger charge is 2.31. The molecule has 1 heterocycles. The molecule has 0 saturated heterocycles. The van der Waals surface area contributed by atoms with E-state index in [2.05, 4.69) is 10.3 Å². The molecule has 1 fully saturated rings. The molecule has 1 aliphatic carbocycles. The van der Waals surface area contributed by atoms with Crippen molar-refractivity contribution in [3.63, 3.8) is 0 Å². The van der Waals surface area contributed by atoms with Crippen molar-refractivity contribution in [1.82, 2.24) is 14.9 Å². The van der Waals surface area contributed by atoms with E-state index in [1.165, 1.54) is 36.4 Å². The molecule has 0 unspecified atom stereocenters. The Morgan fingerprint density at radius 1 is 1.10 bits per heavy atom. The number of hydrogen-bond acceptors (Lipinski definition) is 6. The van der Waals surface area contributed by atoms with Gasteiger partial charge in [-0.1, -0.05) is 12.1 Å². The van der Waals surface area contributed by atoms with Crippen LogP contribution in [0.25, 0.3) is 11.0 Å². The van der Waals surface area contributed by atoms with E-state index < -0.39 is 40.1 Å². The standard InChI is InChI=1S/C27H24F3N3O5S/c1-39(36,37)21-11-2-16(3-12-21)23(15-34)31-25(35)17-4-13-24-22(14-17)32-26(33(24)19-7-8-19)38-20-9-5-18(6-10-20)27(28,29)30/h2-6,9-14,19,23,34H,7-8,15H2,1H3,(H,31,35)/t23-/m0/s1. The third-order valence-electron chi connectivity index (χ3n) is 6.42. The Kier molecular flexibility index (Phi) is 6.85. The lowest BCUT2D eigenvalue weighted by Crippen LogP contribution is -2.30. The van der Waals surface area contributed by atoms with E-state index in [4.69, 9.17) is 4.74 Å². The summed E-state index contributed by atoms with van der Waals surface area (Å²) in [7, 11) is -3.38. The van der Waals surface area contributed by atoms with Crippen LogP contribution in [0, 0.1) is 0 Å². The van der Waals surface area contributed by atoms with E-state index >= 15 is 0 Å². The van der Waals surface area contributed by atoms with Crippen LogP contribution in [-0.4, -0.2) is 41.8 Å². The number of aromatic nitrogens is 2. The molecule has 4 aromatic rings. The van der Waals surface area contributed by atoms with Gasteiger partial charge < -0.3 is 15.2 Å². The predicted molar refractivity (Wildman–Crippen MR) is 136 cm³/mol. The Morgan fingerprint density at radius 2 is 1.77 bits per heavy atom. The van der Waals surface area contributed by atoms with E-state index in [0.29, 0.717) is 16.6 Å². The summed E-state index contributed by atoms with van der Waals surface area (Å²) in [6.45, 7) is -0.409. The zero-order valence-electron chi connectivity index (χ0n) is 20.6. The maximum atomic E-state index is 13.0. The normalized spacial score (nSPS) is 14.8. The lowest BCUT2D eigenvalue weighted by atomic mass is 10.1. The zero-order valence-corrected chi connectivity index (χ0v) is 21.5. The van der Waals surface area contributed by atoms with Gasteiger partial charge in [0, 0.05) is 17.9 Å². The van der Waals surface area contributed by atoms with Crippen molar-refractivity contribution in [2.45, 2.75) is 36.0 Å². The number of carbonyl (C=O) groups excluding carboxylic acids is 1. The molecule has 0 aliphatic heterocycles. The molecule has 1 aliphatic rings. The summed E-state index contributed by atoms with van der Waals surface area (Å²) in [5.74, 6) is -0.278. The molecular weight excluding hydrogens is 535 g/mol. The Morgan fingerprint density at radius 3 is 2.33 bits per heavy atom. The molecule has 3 aromatic carbocycles. The van der Waals surface area contributed by atoms with Crippen LogP contribution in [0.2, 0.25) is 0 Å². The second-order valence-electron chi connectivity index (χ2n) is 9.37. The molecule has 0 spiro atoms. The van der Waals surface area contributed by atoms with Gasteiger partial charge in [-0.2, -0.15) is 18.2 Å². The minimum atomic E-state index is -4.45. The minimum absolute atomic E-state index is 0.125. The van der Waals surface area contributed by atoms with Gasteiger partial charge in [-0.05, 0) is 73.0 Å². The fourth-order valence-electron chi connectivity index (χ4n) is 4.22. The van der Waals surface area contributed by atoms with Crippen molar-refractivity contribution in [2.75, 3.05) is 12.9 Å². The number of hydrogen-bond donors (Lipinski definition) is 2. The Labute approximate surface area is 222 Å². The first-order chi connectivity index (χ1) is 18.4. The second kappa shape index (κ2) is 10.0. The first kappa shape index (κ1) is 26.7. The highest BCUT2D eigenvalue weighted by atomic mass is 32.2. The van der Waals surface area contributed by atoms with Crippen LogP contribution in [-0.2, 0) is 16.0 Å². The number of benzene rings is 3. The molecular formula is C27H24F3N3O5S. The van der Waals surface area contributed by atoms with Crippen LogP contribution in [0.1, 0.15) is 46.4 Å². The molecule has 39 heavy (non-hydrogen) atoms. The summed E-state index contributed by atoms with van der Waals surface area (Å²) < 4.78 is 69.8. The number of aliphatic hydroxyl groups excluding tert-OH is 1. The monoisotopic (exact) mass is 559 g/mol. The molecule has 0 bridgehead atoms. The summed E-state index contributed by atoms with van der Waals surface area (Å²) in [4.78, 5) is 17.7. The number of fused-ring (bicyclic) bond motifs is 1. The number of carbonyl (C=O) groups is 1. The summed E-state index contributed by atoms with van der Waals surface area (Å²) >= 11 is 0. The van der Waals surface area contributed by atoms with E-state index in [0.717, 1.165) is 31.2 Å². The van der Waals surface area contributed by atoms with Gasteiger partial charge in [-0.3, -0.25) is 9.36 Å². The van der Waals surface area contributed by atoms with Gasteiger partial charge in [0.05, 0.1) is 34.1 Å². The van der Waals surface area contributed by atoms with Crippen LogP contribution >= 0.6 is 0 Å². The van der Waals surface area contributed by atoms with E-state index in [9.17, 15) is 31.5 Å². The van der Waals surface area contributed by atoms with Gasteiger partial charge in [0.1, 0.15) is 5.75 Å². The van der Waals surface area contributed by atoms with Gasteiger partial charge in [0.2, 0.25) is 0 Å². The van der Waals surface area contributed by atoms with E-state index in [1.54, 1.807) is 18.2 Å². The topological polar surface area (TPSA) is 111 Å². The molecule has 8 nitrogen and oxygen atoms in total. The van der Waals surface area contributed by atoms with Crippen LogP contribution in [0.3, 0.4) is 0 Å². The maximum absolute atomic E-state index is 13.0. The highest BCUT2D eigenvalue weighted by Crippen LogP contribution is 2.42. The first-order valence-corrected chi connectivity index (χ1v) is 13.9. The Balaban J connectivity index is 1.38. The largest absolute Gasteiger partial charge is 0.425 e. The van der Waals surface area contributed by atoms with E-state index in [-0.39, 0.29) is 28.3 Å². The fraction of sp³-hybridized carbons (Fsp3) is 0.259. The van der Waals surface area contributed by atoms with Crippen LogP contribution < -0.4 is 10.1 Å². The Hall–Kier alpha value is -3.90. The van der Waals surface area contributed by atoms with Gasteiger partial charge in [-0.15, -0.1) is 0 Å². The number of halogens is 3. The molecule has 1 atom stereocenters. The van der Waals surface area contributed by atoms with Crippen LogP contribution in [0.4, 0.5) is 13.2 Å². The molecule has 204 valence electrons. The number of imidazole rings is 1. The summed E-state index contributed by atoms with van der Waals surface area (Å²) in [5, 5.41) is 12.6. The zero-order chi connectivity index (χ0) is 27.9. The number of sulfone groups is 1. The molecule has 1 aromatic heterocycles. The van der Waals surface area contributed by atoms with Gasteiger partial charge in [0.25, 0.3) is 5.91 Å². The molecule has 12 heteroatoms. The quantitative estimate of drug-likeness (QED) is 0.313. The minimum Gasteiger partial charge on any atom is -0.425 e. The van der Waals surface area contributed by atoms with Gasteiger partial charge in [-0.25, -0.2) is 8.42 Å². The van der Waals surface area contributed by atoms with Crippen molar-refractivity contribution in [3.8, 4) is 11.8 Å². The number of amides is 1. The number of alkyl halides is 3. The fourth-order valence-corrected chi connectivity index (χ4v) is 4.85. The van der Waals surface area contributed by atoms with Crippen molar-refractivity contribution in [1.29, 1.82) is 0 Å². The average molecular weight is 560 g/mol. The van der Waals surface area contributed by atoms with Crippen LogP contribution in [0.15, 0.2) is 71.6 Å². The predicted octanol–water partition coefficient (Wildman–Crippen LogP) is 5.05. The summed E-state index contributed by atoms with van der Waals surface area (Å²) in [5.41, 5.74) is 1.20. The van der Waals surface area contributed by atoms with Crippen LogP contribution in [0.5, 0.6) is 11.8 Å². The summed E-state index contributed by atoms with van der Waals surface area (Å²) in [6, 6.07) is 14.7. The molecule has 5 rings (SSSR count).